The summed E-state index contributed by atoms with van der Waals surface area (Å²) in [5.74, 6) is -1.75. The number of fused-ring (bicyclic) bond motifs is 1. The van der Waals surface area contributed by atoms with Gasteiger partial charge in [0.25, 0.3) is 10.1 Å². The van der Waals surface area contributed by atoms with E-state index in [4.69, 9.17) is 0 Å². The van der Waals surface area contributed by atoms with Crippen molar-refractivity contribution in [1.82, 2.24) is 19.9 Å². The quantitative estimate of drug-likeness (QED) is 0.507. The molecule has 22 heavy (non-hydrogen) atoms. The first kappa shape index (κ1) is 14.9. The predicted octanol–water partition coefficient (Wildman–Crippen LogP) is -1.39. The number of carbonyl (C=O) groups is 2. The van der Waals surface area contributed by atoms with Gasteiger partial charge in [-0.1, -0.05) is 12.1 Å². The van der Waals surface area contributed by atoms with E-state index in [2.05, 4.69) is 10.3 Å². The number of carboxylic acid groups (broad SMARTS) is 1. The first-order chi connectivity index (χ1) is 10.2. The van der Waals surface area contributed by atoms with Crippen LogP contribution in [0.15, 0.2) is 12.4 Å². The Morgan fingerprint density at radius 3 is 2.68 bits per heavy atom. The molecule has 2 aliphatic rings. The molecule has 0 aliphatic carbocycles. The van der Waals surface area contributed by atoms with Gasteiger partial charge in [-0.25, -0.2) is 4.79 Å². The lowest BCUT2D eigenvalue weighted by Gasteiger charge is -2.38. The highest BCUT2D eigenvalue weighted by Crippen LogP contribution is 2.50. The van der Waals surface area contributed by atoms with Gasteiger partial charge < -0.3 is 10.0 Å². The highest BCUT2D eigenvalue weighted by molar-refractivity contribution is 7.86. The lowest BCUT2D eigenvalue weighted by atomic mass is 9.80. The van der Waals surface area contributed by atoms with Crippen LogP contribution >= 0.6 is 0 Å². The van der Waals surface area contributed by atoms with Gasteiger partial charge in [-0.2, -0.15) is 8.42 Å². The van der Waals surface area contributed by atoms with E-state index in [9.17, 15) is 27.7 Å². The number of amides is 1. The van der Waals surface area contributed by atoms with Crippen LogP contribution in [-0.2, 0) is 26.3 Å². The van der Waals surface area contributed by atoms with Crippen LogP contribution < -0.4 is 0 Å². The molecule has 3 heterocycles. The van der Waals surface area contributed by atoms with Gasteiger partial charge in [0.15, 0.2) is 0 Å². The fourth-order valence-corrected chi connectivity index (χ4v) is 5.25. The first-order valence-electron chi connectivity index (χ1n) is 6.50. The van der Waals surface area contributed by atoms with Crippen LogP contribution in [0.4, 0.5) is 0 Å². The van der Waals surface area contributed by atoms with Gasteiger partial charge in [0.2, 0.25) is 5.91 Å². The molecule has 0 saturated carbocycles. The fraction of sp³-hybridized carbons (Fsp3) is 0.636. The Kier molecular flexibility index (Phi) is 3.04. The number of carboxylic acids is 1. The third kappa shape index (κ3) is 1.92. The third-order valence-electron chi connectivity index (χ3n) is 4.46. The highest BCUT2D eigenvalue weighted by atomic mass is 32.2. The van der Waals surface area contributed by atoms with E-state index < -0.39 is 44.7 Å². The molecule has 10 nitrogen and oxygen atoms in total. The summed E-state index contributed by atoms with van der Waals surface area (Å²) in [6.07, 6.45) is 2.74. The summed E-state index contributed by atoms with van der Waals surface area (Å²) < 4.78 is 34.5. The van der Waals surface area contributed by atoms with Gasteiger partial charge >= 0.3 is 5.97 Å². The number of carbonyl (C=O) groups excluding carboxylic acids is 1. The second-order valence-electron chi connectivity index (χ2n) is 5.86. The zero-order valence-electron chi connectivity index (χ0n) is 11.5. The van der Waals surface area contributed by atoms with Crippen molar-refractivity contribution in [3.8, 4) is 0 Å². The molecule has 0 spiro atoms. The minimum Gasteiger partial charge on any atom is -0.480 e. The normalized spacial score (nSPS) is 34.4. The van der Waals surface area contributed by atoms with E-state index in [0.29, 0.717) is 0 Å². The molecule has 120 valence electrons. The molecule has 1 unspecified atom stereocenters. The molecule has 0 aromatic carbocycles. The Balaban J connectivity index is 2.11. The lowest BCUT2D eigenvalue weighted by molar-refractivity contribution is -0.159. The zero-order valence-corrected chi connectivity index (χ0v) is 12.3. The van der Waals surface area contributed by atoms with Crippen LogP contribution in [0, 0.1) is 5.41 Å². The van der Waals surface area contributed by atoms with Gasteiger partial charge in [0, 0.05) is 18.0 Å². The molecule has 2 saturated heterocycles. The summed E-state index contributed by atoms with van der Waals surface area (Å²) in [4.78, 5) is 24.4. The first-order valence-corrected chi connectivity index (χ1v) is 8.01. The summed E-state index contributed by atoms with van der Waals surface area (Å²) in [6, 6.07) is -2.19. The summed E-state index contributed by atoms with van der Waals surface area (Å²) in [5, 5.41) is 15.4. The number of nitrogens with zero attached hydrogens (tertiary/aromatic N) is 4. The Morgan fingerprint density at radius 1 is 1.55 bits per heavy atom. The topological polar surface area (TPSA) is 143 Å². The molecule has 0 radical (unpaired) electrons. The number of rotatable bonds is 4. The Labute approximate surface area is 125 Å². The SMILES string of the molecule is C[C@@]1(Cn2ccnn2)C(S(=O)(=O)O)[C@H]2CC(=O)N2[C@@H]1C(=O)O. The Bertz CT molecular complexity index is 732. The van der Waals surface area contributed by atoms with Crippen molar-refractivity contribution in [3.05, 3.63) is 12.4 Å². The predicted molar refractivity (Wildman–Crippen MR) is 70.1 cm³/mol. The minimum atomic E-state index is -4.55. The monoisotopic (exact) mass is 330 g/mol. The van der Waals surface area contributed by atoms with Crippen molar-refractivity contribution >= 4 is 22.0 Å². The maximum absolute atomic E-state index is 11.8. The zero-order chi connectivity index (χ0) is 16.3. The molecule has 1 amide bonds. The molecule has 0 bridgehead atoms. The molecule has 4 atom stereocenters. The van der Waals surface area contributed by atoms with E-state index in [1.165, 1.54) is 24.0 Å². The number of aromatic nitrogens is 3. The number of hydrogen-bond acceptors (Lipinski definition) is 6. The molecular weight excluding hydrogens is 316 g/mol. The van der Waals surface area contributed by atoms with Gasteiger partial charge in [-0.3, -0.25) is 14.0 Å². The van der Waals surface area contributed by atoms with Crippen molar-refractivity contribution in [2.45, 2.75) is 37.2 Å². The van der Waals surface area contributed by atoms with Gasteiger partial charge in [-0.15, -0.1) is 5.10 Å². The van der Waals surface area contributed by atoms with Crippen molar-refractivity contribution in [1.29, 1.82) is 0 Å². The number of aliphatic carboxylic acids is 1. The Morgan fingerprint density at radius 2 is 2.23 bits per heavy atom. The van der Waals surface area contributed by atoms with E-state index in [-0.39, 0.29) is 13.0 Å². The van der Waals surface area contributed by atoms with Crippen LogP contribution in [-0.4, -0.2) is 67.2 Å². The summed E-state index contributed by atoms with van der Waals surface area (Å²) in [6.45, 7) is 1.33. The molecule has 2 fully saturated rings. The van der Waals surface area contributed by atoms with Crippen LogP contribution in [0.2, 0.25) is 0 Å². The molecule has 2 N–H and O–H groups in total. The van der Waals surface area contributed by atoms with E-state index in [1.54, 1.807) is 0 Å². The van der Waals surface area contributed by atoms with Crippen molar-refractivity contribution in [2.24, 2.45) is 5.41 Å². The summed E-state index contributed by atoms with van der Waals surface area (Å²) in [7, 11) is -4.55. The average molecular weight is 330 g/mol. The highest BCUT2D eigenvalue weighted by Gasteiger charge is 2.69. The molecule has 1 aromatic rings. The summed E-state index contributed by atoms with van der Waals surface area (Å²) in [5.41, 5.74) is -1.43. The molecule has 11 heteroatoms. The van der Waals surface area contributed by atoms with E-state index in [0.717, 1.165) is 4.90 Å². The van der Waals surface area contributed by atoms with Crippen LogP contribution in [0.1, 0.15) is 13.3 Å². The van der Waals surface area contributed by atoms with Gasteiger partial charge in [-0.05, 0) is 0 Å². The maximum atomic E-state index is 11.8. The molecule has 2 aliphatic heterocycles. The summed E-state index contributed by atoms with van der Waals surface area (Å²) >= 11 is 0. The van der Waals surface area contributed by atoms with Crippen LogP contribution in [0.25, 0.3) is 0 Å². The van der Waals surface area contributed by atoms with Gasteiger partial charge in [0.05, 0.1) is 18.8 Å². The second-order valence-corrected chi connectivity index (χ2v) is 7.39. The van der Waals surface area contributed by atoms with Crippen LogP contribution in [0.5, 0.6) is 0 Å². The standard InChI is InChI=1S/C11H14N4O6S/c1-11(5-14-3-2-12-13-14)8(10(17)18)15-6(4-7(15)16)9(11)22(19,20)21/h2-3,6,8-9H,4-5H2,1H3,(H,17,18)(H,19,20,21)/t6-,8-,9?,11+/m1/s1. The van der Waals surface area contributed by atoms with Crippen molar-refractivity contribution < 1.29 is 27.7 Å². The molecule has 3 rings (SSSR count). The lowest BCUT2D eigenvalue weighted by Crippen LogP contribution is -2.57. The molecular formula is C11H14N4O6S. The van der Waals surface area contributed by atoms with Crippen LogP contribution in [0.3, 0.4) is 0 Å². The van der Waals surface area contributed by atoms with Crippen molar-refractivity contribution in [3.63, 3.8) is 0 Å². The maximum Gasteiger partial charge on any atom is 0.327 e. The fourth-order valence-electron chi connectivity index (χ4n) is 3.74. The number of β-lactam (4-membered cyclic amide) rings is 1. The van der Waals surface area contributed by atoms with Gasteiger partial charge in [0.1, 0.15) is 11.3 Å². The van der Waals surface area contributed by atoms with E-state index >= 15 is 0 Å². The van der Waals surface area contributed by atoms with E-state index in [1.807, 2.05) is 0 Å². The minimum absolute atomic E-state index is 0.0960. The van der Waals surface area contributed by atoms with Crippen molar-refractivity contribution in [2.75, 3.05) is 0 Å². The smallest absolute Gasteiger partial charge is 0.327 e. The third-order valence-corrected chi connectivity index (χ3v) is 5.96. The Hall–Kier alpha value is -2.01. The molecule has 1 aromatic heterocycles. The second kappa shape index (κ2) is 4.49. The number of hydrogen-bond donors (Lipinski definition) is 2. The largest absolute Gasteiger partial charge is 0.480 e. The average Bonchev–Trinajstić information content (AvgIpc) is 2.91.